The zero-order chi connectivity index (χ0) is 23.8. The van der Waals surface area contributed by atoms with Gasteiger partial charge in [-0.2, -0.15) is 5.26 Å². The van der Waals surface area contributed by atoms with Gasteiger partial charge in [-0.1, -0.05) is 31.7 Å². The molecule has 33 heavy (non-hydrogen) atoms. The molecule has 0 aromatic rings. The van der Waals surface area contributed by atoms with Crippen LogP contribution in [0.4, 0.5) is 0 Å². The normalized spacial score (nSPS) is 23.7. The van der Waals surface area contributed by atoms with Gasteiger partial charge in [-0.3, -0.25) is 4.90 Å². The van der Waals surface area contributed by atoms with Crippen LogP contribution in [-0.2, 0) is 14.3 Å². The third-order valence-electron chi connectivity index (χ3n) is 6.52. The highest BCUT2D eigenvalue weighted by Crippen LogP contribution is 2.31. The number of fused-ring (bicyclic) bond motifs is 1. The summed E-state index contributed by atoms with van der Waals surface area (Å²) in [6.07, 6.45) is 11.1. The average molecular weight is 454 g/mol. The van der Waals surface area contributed by atoms with Crippen LogP contribution in [-0.4, -0.2) is 73.5 Å². The number of nitrogens with zero attached hydrogens (tertiary/aromatic N) is 3. The largest absolute Gasteiger partial charge is 0.493 e. The van der Waals surface area contributed by atoms with Crippen LogP contribution in [0.1, 0.15) is 26.2 Å². The summed E-state index contributed by atoms with van der Waals surface area (Å²) in [4.78, 5) is 16.0. The number of cyclic esters (lactones) is 1. The van der Waals surface area contributed by atoms with Crippen LogP contribution in [0.15, 0.2) is 59.4 Å². The van der Waals surface area contributed by atoms with Gasteiger partial charge in [-0.05, 0) is 62.4 Å². The maximum absolute atomic E-state index is 11.6. The summed E-state index contributed by atoms with van der Waals surface area (Å²) in [5.74, 6) is 0.938. The van der Waals surface area contributed by atoms with Crippen molar-refractivity contribution in [3.63, 3.8) is 0 Å². The van der Waals surface area contributed by atoms with Crippen LogP contribution in [0, 0.1) is 23.2 Å². The Hall–Kier alpha value is -2.66. The van der Waals surface area contributed by atoms with Gasteiger partial charge in [-0.25, -0.2) is 4.79 Å². The molecule has 178 valence electrons. The van der Waals surface area contributed by atoms with Crippen molar-refractivity contribution < 1.29 is 19.4 Å². The first-order valence-electron chi connectivity index (χ1n) is 11.7. The van der Waals surface area contributed by atoms with E-state index in [0.717, 1.165) is 44.6 Å². The third kappa shape index (κ3) is 6.67. The van der Waals surface area contributed by atoms with Gasteiger partial charge >= 0.3 is 5.97 Å². The number of ether oxygens (including phenoxy) is 2. The van der Waals surface area contributed by atoms with E-state index < -0.39 is 6.23 Å². The molecule has 3 atom stereocenters. The molecule has 0 radical (unpaired) electrons. The van der Waals surface area contributed by atoms with Gasteiger partial charge in [-0.15, -0.1) is 0 Å². The number of carbonyl (C=O) groups is 1. The second-order valence-electron chi connectivity index (χ2n) is 8.83. The minimum Gasteiger partial charge on any atom is -0.493 e. The van der Waals surface area contributed by atoms with Crippen molar-refractivity contribution in [2.24, 2.45) is 11.8 Å². The quantitative estimate of drug-likeness (QED) is 0.223. The second-order valence-corrected chi connectivity index (χ2v) is 8.83. The van der Waals surface area contributed by atoms with E-state index in [9.17, 15) is 15.2 Å². The van der Waals surface area contributed by atoms with Crippen molar-refractivity contribution in [3.8, 4) is 6.07 Å². The average Bonchev–Trinajstić information content (AvgIpc) is 3.19. The molecule has 0 aromatic heterocycles. The number of rotatable bonds is 11. The molecular weight excluding hydrogens is 418 g/mol. The minimum atomic E-state index is -0.546. The van der Waals surface area contributed by atoms with Crippen molar-refractivity contribution in [3.05, 3.63) is 59.4 Å². The number of aliphatic hydroxyl groups excluding tert-OH is 1. The molecule has 3 rings (SSSR count). The van der Waals surface area contributed by atoms with Crippen LogP contribution in [0.2, 0.25) is 0 Å². The Morgan fingerprint density at radius 1 is 1.36 bits per heavy atom. The molecule has 0 bridgehead atoms. The Morgan fingerprint density at radius 3 is 2.91 bits per heavy atom. The van der Waals surface area contributed by atoms with E-state index in [1.807, 2.05) is 18.0 Å². The van der Waals surface area contributed by atoms with Crippen LogP contribution in [0.3, 0.4) is 0 Å². The molecule has 7 heteroatoms. The minimum absolute atomic E-state index is 0.210. The van der Waals surface area contributed by atoms with Crippen LogP contribution in [0.25, 0.3) is 0 Å². The molecule has 1 saturated heterocycles. The molecule has 0 spiro atoms. The SMILES string of the molecule is C=C/C=C(/C#N)C1=CC(CN(CC)CCN(C)C(O)CC2C=C3COC(=O)C3=CC2)CCO1. The zero-order valence-corrected chi connectivity index (χ0v) is 19.7. The van der Waals surface area contributed by atoms with Gasteiger partial charge in [0.25, 0.3) is 0 Å². The third-order valence-corrected chi connectivity index (χ3v) is 6.52. The number of hydrogen-bond donors (Lipinski definition) is 1. The molecule has 2 heterocycles. The Labute approximate surface area is 196 Å². The van der Waals surface area contributed by atoms with Gasteiger partial charge in [0.2, 0.25) is 0 Å². The molecule has 1 N–H and O–H groups in total. The topological polar surface area (TPSA) is 86.0 Å². The monoisotopic (exact) mass is 453 g/mol. The first kappa shape index (κ1) is 25.0. The fraction of sp³-hybridized carbons (Fsp3) is 0.538. The lowest BCUT2D eigenvalue weighted by Crippen LogP contribution is -2.41. The lowest BCUT2D eigenvalue weighted by Gasteiger charge is -2.31. The molecule has 1 aliphatic carbocycles. The van der Waals surface area contributed by atoms with Gasteiger partial charge < -0.3 is 19.5 Å². The lowest BCUT2D eigenvalue weighted by atomic mass is 9.89. The number of carbonyl (C=O) groups excluding carboxylic acids is 1. The summed E-state index contributed by atoms with van der Waals surface area (Å²) >= 11 is 0. The number of allylic oxidation sites excluding steroid dienone is 5. The lowest BCUT2D eigenvalue weighted by molar-refractivity contribution is -0.135. The van der Waals surface area contributed by atoms with E-state index in [-0.39, 0.29) is 11.9 Å². The molecule has 3 aliphatic rings. The van der Waals surface area contributed by atoms with Crippen molar-refractivity contribution in [2.45, 2.75) is 32.4 Å². The molecule has 7 nitrogen and oxygen atoms in total. The van der Waals surface area contributed by atoms with Crippen molar-refractivity contribution in [1.82, 2.24) is 9.80 Å². The maximum Gasteiger partial charge on any atom is 0.338 e. The fourth-order valence-corrected chi connectivity index (χ4v) is 4.45. The molecule has 0 saturated carbocycles. The van der Waals surface area contributed by atoms with Crippen molar-refractivity contribution in [1.29, 1.82) is 5.26 Å². The zero-order valence-electron chi connectivity index (χ0n) is 19.7. The van der Waals surface area contributed by atoms with E-state index in [0.29, 0.717) is 42.5 Å². The van der Waals surface area contributed by atoms with Crippen LogP contribution in [0.5, 0.6) is 0 Å². The summed E-state index contributed by atoms with van der Waals surface area (Å²) in [5, 5.41) is 20.1. The molecule has 0 aromatic carbocycles. The van der Waals surface area contributed by atoms with Crippen LogP contribution < -0.4 is 0 Å². The molecule has 1 fully saturated rings. The summed E-state index contributed by atoms with van der Waals surface area (Å²) < 4.78 is 10.8. The van der Waals surface area contributed by atoms with Crippen molar-refractivity contribution in [2.75, 3.05) is 46.4 Å². The summed E-state index contributed by atoms with van der Waals surface area (Å²) in [5.41, 5.74) is 2.16. The van der Waals surface area contributed by atoms with E-state index in [4.69, 9.17) is 9.47 Å². The molecule has 0 amide bonds. The maximum atomic E-state index is 11.6. The highest BCUT2D eigenvalue weighted by Gasteiger charge is 2.29. The molecule has 2 aliphatic heterocycles. The van der Waals surface area contributed by atoms with Gasteiger partial charge in [0.1, 0.15) is 24.7 Å². The number of likely N-dealkylation sites (N-methyl/N-ethyl adjacent to an activating group) is 2. The first-order chi connectivity index (χ1) is 15.9. The van der Waals surface area contributed by atoms with Gasteiger partial charge in [0, 0.05) is 19.6 Å². The van der Waals surface area contributed by atoms with E-state index in [1.165, 1.54) is 0 Å². The highest BCUT2D eigenvalue weighted by atomic mass is 16.5. The molecular formula is C26H35N3O4. The van der Waals surface area contributed by atoms with E-state index >= 15 is 0 Å². The summed E-state index contributed by atoms with van der Waals surface area (Å²) in [7, 11) is 1.95. The fourth-order valence-electron chi connectivity index (χ4n) is 4.45. The standard InChI is InChI=1S/C26H35N3O4/c1-4-6-21(16-27)24-14-20(9-12-32-24)17-29(5-2)11-10-28(3)25(30)15-19-7-8-23-22(13-19)18-33-26(23)31/h4,6,8,13-14,19-20,25,30H,1,5,7,9-12,15,17-18H2,2-3H3/b21-6-. The predicted molar refractivity (Wildman–Crippen MR) is 127 cm³/mol. The molecule has 3 unspecified atom stereocenters. The Bertz CT molecular complexity index is 896. The summed E-state index contributed by atoms with van der Waals surface area (Å²) in [6.45, 7) is 10.1. The number of esters is 1. The first-order valence-corrected chi connectivity index (χ1v) is 11.7. The second kappa shape index (κ2) is 12.0. The van der Waals surface area contributed by atoms with Gasteiger partial charge in [0.15, 0.2) is 0 Å². The highest BCUT2D eigenvalue weighted by molar-refractivity contribution is 5.96. The Morgan fingerprint density at radius 2 is 2.18 bits per heavy atom. The summed E-state index contributed by atoms with van der Waals surface area (Å²) in [6, 6.07) is 2.18. The van der Waals surface area contributed by atoms with E-state index in [1.54, 1.807) is 12.2 Å². The number of hydrogen-bond acceptors (Lipinski definition) is 7. The predicted octanol–water partition coefficient (Wildman–Crippen LogP) is 2.93. The van der Waals surface area contributed by atoms with E-state index in [2.05, 4.69) is 36.6 Å². The van der Waals surface area contributed by atoms with Gasteiger partial charge in [0.05, 0.1) is 17.8 Å². The smallest absolute Gasteiger partial charge is 0.338 e. The Kier molecular flexibility index (Phi) is 9.07. The number of nitriles is 1. The van der Waals surface area contributed by atoms with Crippen molar-refractivity contribution >= 4 is 5.97 Å². The van der Waals surface area contributed by atoms with Crippen LogP contribution >= 0.6 is 0 Å². The Balaban J connectivity index is 1.48. The number of aliphatic hydroxyl groups is 1.